The molecule has 22 heavy (non-hydrogen) atoms. The molecule has 0 aliphatic rings. The molecule has 0 saturated carbocycles. The zero-order valence-electron chi connectivity index (χ0n) is 11.2. The third-order valence-electron chi connectivity index (χ3n) is 2.99. The summed E-state index contributed by atoms with van der Waals surface area (Å²) in [7, 11) is 0. The van der Waals surface area contributed by atoms with E-state index in [0.29, 0.717) is 16.5 Å². The van der Waals surface area contributed by atoms with E-state index >= 15 is 0 Å². The number of fused-ring (bicyclic) bond motifs is 1. The molecule has 2 aromatic heterocycles. The largest absolute Gasteiger partial charge is 0.465 e. The van der Waals surface area contributed by atoms with Gasteiger partial charge >= 0.3 is 6.09 Å². The van der Waals surface area contributed by atoms with Gasteiger partial charge in [-0.2, -0.15) is 0 Å². The van der Waals surface area contributed by atoms with Crippen molar-refractivity contribution in [3.05, 3.63) is 53.8 Å². The Balaban J connectivity index is 1.96. The van der Waals surface area contributed by atoms with Crippen molar-refractivity contribution in [2.75, 3.05) is 10.6 Å². The van der Waals surface area contributed by atoms with Crippen molar-refractivity contribution >= 4 is 45.8 Å². The molecule has 6 nitrogen and oxygen atoms in total. The van der Waals surface area contributed by atoms with Crippen molar-refractivity contribution in [1.29, 1.82) is 0 Å². The Labute approximate surface area is 130 Å². The summed E-state index contributed by atoms with van der Waals surface area (Å²) in [6.45, 7) is 0. The van der Waals surface area contributed by atoms with Crippen LogP contribution < -0.4 is 10.6 Å². The number of benzene rings is 1. The fraction of sp³-hybridized carbons (Fsp3) is 0. The number of hydrogen-bond acceptors (Lipinski definition) is 4. The number of anilines is 3. The third kappa shape index (κ3) is 3.07. The molecule has 1 aromatic carbocycles. The van der Waals surface area contributed by atoms with Gasteiger partial charge in [0.25, 0.3) is 0 Å². The molecule has 0 atom stereocenters. The third-order valence-corrected chi connectivity index (χ3v) is 3.22. The molecule has 110 valence electrons. The molecule has 1 amide bonds. The summed E-state index contributed by atoms with van der Waals surface area (Å²) in [5, 5.41) is 16.6. The zero-order chi connectivity index (χ0) is 15.5. The van der Waals surface area contributed by atoms with Gasteiger partial charge in [0.1, 0.15) is 11.6 Å². The average molecular weight is 315 g/mol. The van der Waals surface area contributed by atoms with Crippen LogP contribution in [0.2, 0.25) is 5.02 Å². The lowest BCUT2D eigenvalue weighted by Crippen LogP contribution is -2.08. The fourth-order valence-corrected chi connectivity index (χ4v) is 2.24. The molecule has 0 spiro atoms. The monoisotopic (exact) mass is 314 g/mol. The van der Waals surface area contributed by atoms with Gasteiger partial charge in [-0.15, -0.1) is 0 Å². The number of amides is 1. The van der Waals surface area contributed by atoms with Gasteiger partial charge in [0, 0.05) is 34.6 Å². The van der Waals surface area contributed by atoms with E-state index in [1.54, 1.807) is 18.3 Å². The molecule has 2 heterocycles. The van der Waals surface area contributed by atoms with E-state index in [0.717, 1.165) is 10.8 Å². The van der Waals surface area contributed by atoms with Crippen LogP contribution in [0.4, 0.5) is 22.1 Å². The second kappa shape index (κ2) is 5.87. The summed E-state index contributed by atoms with van der Waals surface area (Å²) in [6.07, 6.45) is 2.03. The lowest BCUT2D eigenvalue weighted by atomic mass is 10.1. The van der Waals surface area contributed by atoms with Gasteiger partial charge in [-0.25, -0.2) is 14.8 Å². The summed E-state index contributed by atoms with van der Waals surface area (Å²) in [5.41, 5.74) is 0.665. The number of aromatic nitrogens is 2. The minimum absolute atomic E-state index is 0.232. The Kier molecular flexibility index (Phi) is 3.76. The number of nitrogens with one attached hydrogen (secondary N) is 2. The van der Waals surface area contributed by atoms with Crippen LogP contribution >= 0.6 is 11.6 Å². The SMILES string of the molecule is O=C(O)Nc1cc(Nc2nccc3ccc(Cl)cc23)ccn1. The van der Waals surface area contributed by atoms with Crippen molar-refractivity contribution in [3.8, 4) is 0 Å². The molecule has 0 aliphatic carbocycles. The van der Waals surface area contributed by atoms with Crippen LogP contribution in [0.3, 0.4) is 0 Å². The number of hydrogen-bond donors (Lipinski definition) is 3. The first kappa shape index (κ1) is 14.1. The molecule has 3 rings (SSSR count). The summed E-state index contributed by atoms with van der Waals surface area (Å²) in [4.78, 5) is 18.9. The van der Waals surface area contributed by atoms with E-state index in [1.807, 2.05) is 24.3 Å². The smallest absolute Gasteiger partial charge is 0.410 e. The van der Waals surface area contributed by atoms with Crippen LogP contribution in [0.25, 0.3) is 10.8 Å². The van der Waals surface area contributed by atoms with E-state index in [1.165, 1.54) is 6.20 Å². The summed E-state index contributed by atoms with van der Waals surface area (Å²) in [5.74, 6) is 0.864. The maximum absolute atomic E-state index is 10.7. The Morgan fingerprint density at radius 3 is 2.73 bits per heavy atom. The Morgan fingerprint density at radius 2 is 1.91 bits per heavy atom. The van der Waals surface area contributed by atoms with E-state index in [4.69, 9.17) is 16.7 Å². The van der Waals surface area contributed by atoms with Gasteiger partial charge in [-0.05, 0) is 29.7 Å². The van der Waals surface area contributed by atoms with Crippen LogP contribution in [0, 0.1) is 0 Å². The Hall–Kier alpha value is -2.86. The predicted octanol–water partition coefficient (Wildman–Crippen LogP) is 4.12. The van der Waals surface area contributed by atoms with Gasteiger partial charge in [-0.3, -0.25) is 5.32 Å². The quantitative estimate of drug-likeness (QED) is 0.677. The first-order chi connectivity index (χ1) is 10.6. The van der Waals surface area contributed by atoms with E-state index in [9.17, 15) is 4.79 Å². The van der Waals surface area contributed by atoms with Crippen LogP contribution in [0.5, 0.6) is 0 Å². The van der Waals surface area contributed by atoms with Crippen molar-refractivity contribution in [2.45, 2.75) is 0 Å². The molecule has 3 aromatic rings. The number of rotatable bonds is 3. The Morgan fingerprint density at radius 1 is 1.09 bits per heavy atom. The average Bonchev–Trinajstić information content (AvgIpc) is 2.47. The van der Waals surface area contributed by atoms with Crippen molar-refractivity contribution < 1.29 is 9.90 Å². The van der Waals surface area contributed by atoms with Crippen LogP contribution in [0.1, 0.15) is 0 Å². The first-order valence-electron chi connectivity index (χ1n) is 6.39. The van der Waals surface area contributed by atoms with Gasteiger partial charge in [-0.1, -0.05) is 17.7 Å². The summed E-state index contributed by atoms with van der Waals surface area (Å²) in [6, 6.07) is 10.7. The second-order valence-electron chi connectivity index (χ2n) is 4.51. The maximum atomic E-state index is 10.7. The van der Waals surface area contributed by atoms with E-state index in [-0.39, 0.29) is 5.82 Å². The molecule has 0 saturated heterocycles. The Bertz CT molecular complexity index is 854. The van der Waals surface area contributed by atoms with Crippen molar-refractivity contribution in [2.24, 2.45) is 0 Å². The minimum Gasteiger partial charge on any atom is -0.465 e. The van der Waals surface area contributed by atoms with Crippen LogP contribution in [-0.2, 0) is 0 Å². The summed E-state index contributed by atoms with van der Waals surface area (Å²) < 4.78 is 0. The maximum Gasteiger partial charge on any atom is 0.410 e. The fourth-order valence-electron chi connectivity index (χ4n) is 2.06. The first-order valence-corrected chi connectivity index (χ1v) is 6.77. The molecule has 0 bridgehead atoms. The number of carbonyl (C=O) groups is 1. The molecule has 0 unspecified atom stereocenters. The number of nitrogens with zero attached hydrogens (tertiary/aromatic N) is 2. The van der Waals surface area contributed by atoms with E-state index < -0.39 is 6.09 Å². The number of carboxylic acid groups (broad SMARTS) is 1. The van der Waals surface area contributed by atoms with Crippen LogP contribution in [0.15, 0.2) is 48.8 Å². The molecule has 0 aliphatic heterocycles. The predicted molar refractivity (Wildman–Crippen MR) is 85.9 cm³/mol. The molecule has 0 fully saturated rings. The van der Waals surface area contributed by atoms with Crippen LogP contribution in [-0.4, -0.2) is 21.2 Å². The van der Waals surface area contributed by atoms with Gasteiger partial charge in [0.05, 0.1) is 0 Å². The van der Waals surface area contributed by atoms with Gasteiger partial charge in [0.15, 0.2) is 0 Å². The molecule has 7 heteroatoms. The van der Waals surface area contributed by atoms with E-state index in [2.05, 4.69) is 20.6 Å². The molecular formula is C15H11ClN4O2. The van der Waals surface area contributed by atoms with Crippen molar-refractivity contribution in [3.63, 3.8) is 0 Å². The van der Waals surface area contributed by atoms with Gasteiger partial charge < -0.3 is 10.4 Å². The number of pyridine rings is 2. The lowest BCUT2D eigenvalue weighted by molar-refractivity contribution is 0.209. The number of halogens is 1. The normalized spacial score (nSPS) is 10.4. The highest BCUT2D eigenvalue weighted by atomic mass is 35.5. The van der Waals surface area contributed by atoms with Crippen molar-refractivity contribution in [1.82, 2.24) is 9.97 Å². The topological polar surface area (TPSA) is 87.1 Å². The minimum atomic E-state index is -1.17. The van der Waals surface area contributed by atoms with Gasteiger partial charge in [0.2, 0.25) is 0 Å². The highest BCUT2D eigenvalue weighted by molar-refractivity contribution is 6.31. The molecular weight excluding hydrogens is 304 g/mol. The second-order valence-corrected chi connectivity index (χ2v) is 4.95. The lowest BCUT2D eigenvalue weighted by Gasteiger charge is -2.10. The summed E-state index contributed by atoms with van der Waals surface area (Å²) >= 11 is 6.04. The molecule has 3 N–H and O–H groups in total. The highest BCUT2D eigenvalue weighted by Gasteiger charge is 2.05. The zero-order valence-corrected chi connectivity index (χ0v) is 12.0. The highest BCUT2D eigenvalue weighted by Crippen LogP contribution is 2.27. The molecule has 0 radical (unpaired) electrons. The standard InChI is InChI=1S/C15H11ClN4O2/c16-10-2-1-9-3-5-18-14(12(9)7-10)19-11-4-6-17-13(8-11)20-15(21)22/h1-8H,(H,21,22)(H2,17,18,19,20).